The SMILES string of the molecule is CCN(CC)S(=O)(=O)c1ccc(F)c(C(=O)O[C@H]2C[C@@H](C)OC2=O)c1. The van der Waals surface area contributed by atoms with Gasteiger partial charge in [0.05, 0.1) is 10.5 Å². The maximum Gasteiger partial charge on any atom is 0.347 e. The number of benzene rings is 1. The second-order valence-electron chi connectivity index (χ2n) is 5.61. The van der Waals surface area contributed by atoms with Crippen LogP contribution in [0.3, 0.4) is 0 Å². The lowest BCUT2D eigenvalue weighted by Crippen LogP contribution is -2.31. The number of ether oxygens (including phenoxy) is 2. The molecule has 1 fully saturated rings. The minimum atomic E-state index is -3.85. The molecule has 1 aromatic carbocycles. The first-order valence-electron chi connectivity index (χ1n) is 7.91. The van der Waals surface area contributed by atoms with Crippen LogP contribution in [-0.4, -0.2) is 50.0 Å². The summed E-state index contributed by atoms with van der Waals surface area (Å²) in [5.74, 6) is -2.73. The lowest BCUT2D eigenvalue weighted by atomic mass is 10.2. The van der Waals surface area contributed by atoms with Gasteiger partial charge in [0.1, 0.15) is 11.9 Å². The molecule has 0 aromatic heterocycles. The second kappa shape index (κ2) is 7.49. The van der Waals surface area contributed by atoms with Crippen molar-refractivity contribution in [1.29, 1.82) is 0 Å². The van der Waals surface area contributed by atoms with E-state index in [9.17, 15) is 22.4 Å². The highest BCUT2D eigenvalue weighted by molar-refractivity contribution is 7.89. The van der Waals surface area contributed by atoms with Crippen molar-refractivity contribution in [3.63, 3.8) is 0 Å². The Hall–Kier alpha value is -2.00. The lowest BCUT2D eigenvalue weighted by Gasteiger charge is -2.19. The molecule has 0 saturated carbocycles. The van der Waals surface area contributed by atoms with E-state index in [0.717, 1.165) is 18.2 Å². The third kappa shape index (κ3) is 3.98. The molecule has 2 rings (SSSR count). The Bertz CT molecular complexity index is 775. The van der Waals surface area contributed by atoms with E-state index < -0.39 is 45.6 Å². The van der Waals surface area contributed by atoms with Gasteiger partial charge in [-0.2, -0.15) is 4.31 Å². The van der Waals surface area contributed by atoms with Crippen LogP contribution in [0.5, 0.6) is 0 Å². The predicted molar refractivity (Wildman–Crippen MR) is 85.9 cm³/mol. The smallest absolute Gasteiger partial charge is 0.347 e. The molecule has 0 bridgehead atoms. The quantitative estimate of drug-likeness (QED) is 0.705. The molecule has 25 heavy (non-hydrogen) atoms. The fraction of sp³-hybridized carbons (Fsp3) is 0.500. The molecule has 1 aromatic rings. The van der Waals surface area contributed by atoms with Gasteiger partial charge in [-0.1, -0.05) is 13.8 Å². The maximum atomic E-state index is 14.0. The molecule has 1 heterocycles. The van der Waals surface area contributed by atoms with Gasteiger partial charge in [0.25, 0.3) is 0 Å². The number of esters is 2. The molecular formula is C16H20FNO6S. The number of nitrogens with zero attached hydrogens (tertiary/aromatic N) is 1. The van der Waals surface area contributed by atoms with Crippen LogP contribution in [0, 0.1) is 5.82 Å². The number of halogens is 1. The summed E-state index contributed by atoms with van der Waals surface area (Å²) >= 11 is 0. The molecular weight excluding hydrogens is 353 g/mol. The van der Waals surface area contributed by atoms with Gasteiger partial charge >= 0.3 is 11.9 Å². The van der Waals surface area contributed by atoms with Crippen LogP contribution in [-0.2, 0) is 24.3 Å². The van der Waals surface area contributed by atoms with Crippen LogP contribution in [0.4, 0.5) is 4.39 Å². The molecule has 0 aliphatic carbocycles. The van der Waals surface area contributed by atoms with Crippen molar-refractivity contribution < 1.29 is 31.9 Å². The summed E-state index contributed by atoms with van der Waals surface area (Å²) in [7, 11) is -3.85. The zero-order valence-corrected chi connectivity index (χ0v) is 15.0. The van der Waals surface area contributed by atoms with Crippen molar-refractivity contribution in [1.82, 2.24) is 4.31 Å². The number of sulfonamides is 1. The van der Waals surface area contributed by atoms with Gasteiger partial charge in [0.15, 0.2) is 0 Å². The minimum Gasteiger partial charge on any atom is -0.460 e. The monoisotopic (exact) mass is 373 g/mol. The molecule has 0 N–H and O–H groups in total. The topological polar surface area (TPSA) is 90.0 Å². The average molecular weight is 373 g/mol. The number of cyclic esters (lactones) is 1. The summed E-state index contributed by atoms with van der Waals surface area (Å²) in [5, 5.41) is 0. The number of hydrogen-bond acceptors (Lipinski definition) is 6. The van der Waals surface area contributed by atoms with Crippen LogP contribution in [0.2, 0.25) is 0 Å². The van der Waals surface area contributed by atoms with Gasteiger partial charge in [0, 0.05) is 19.5 Å². The standard InChI is InChI=1S/C16H20FNO6S/c1-4-18(5-2)25(21,22)11-6-7-13(17)12(9-11)15(19)24-14-8-10(3)23-16(14)20/h6-7,9-10,14H,4-5,8H2,1-3H3/t10-,14+/m1/s1. The molecule has 1 saturated heterocycles. The van der Waals surface area contributed by atoms with Crippen molar-refractivity contribution in [2.24, 2.45) is 0 Å². The Morgan fingerprint density at radius 2 is 2.00 bits per heavy atom. The van der Waals surface area contributed by atoms with Gasteiger partial charge in [-0.15, -0.1) is 0 Å². The summed E-state index contributed by atoms with van der Waals surface area (Å²) in [6.45, 7) is 5.46. The molecule has 1 aliphatic rings. The third-order valence-corrected chi connectivity index (χ3v) is 5.92. The Morgan fingerprint density at radius 3 is 2.52 bits per heavy atom. The minimum absolute atomic E-state index is 0.170. The van der Waals surface area contributed by atoms with E-state index in [-0.39, 0.29) is 24.4 Å². The van der Waals surface area contributed by atoms with Crippen molar-refractivity contribution in [3.05, 3.63) is 29.6 Å². The maximum absolute atomic E-state index is 14.0. The molecule has 0 amide bonds. The molecule has 0 radical (unpaired) electrons. The van der Waals surface area contributed by atoms with Gasteiger partial charge in [-0.25, -0.2) is 22.4 Å². The van der Waals surface area contributed by atoms with E-state index in [2.05, 4.69) is 0 Å². The van der Waals surface area contributed by atoms with Crippen molar-refractivity contribution in [3.8, 4) is 0 Å². The third-order valence-electron chi connectivity index (χ3n) is 3.88. The highest BCUT2D eigenvalue weighted by atomic mass is 32.2. The second-order valence-corrected chi connectivity index (χ2v) is 7.55. The molecule has 1 aliphatic heterocycles. The highest BCUT2D eigenvalue weighted by Crippen LogP contribution is 2.23. The number of hydrogen-bond donors (Lipinski definition) is 0. The fourth-order valence-corrected chi connectivity index (χ4v) is 4.03. The summed E-state index contributed by atoms with van der Waals surface area (Å²) in [4.78, 5) is 23.5. The first-order chi connectivity index (χ1) is 11.7. The van der Waals surface area contributed by atoms with Gasteiger partial charge in [0.2, 0.25) is 16.1 Å². The molecule has 138 valence electrons. The Balaban J connectivity index is 2.30. The van der Waals surface area contributed by atoms with Crippen LogP contribution in [0.25, 0.3) is 0 Å². The van der Waals surface area contributed by atoms with Gasteiger partial charge in [-0.05, 0) is 25.1 Å². The normalized spacial score (nSPS) is 20.6. The number of rotatable bonds is 6. The van der Waals surface area contributed by atoms with Gasteiger partial charge in [-0.3, -0.25) is 0 Å². The first-order valence-corrected chi connectivity index (χ1v) is 9.35. The van der Waals surface area contributed by atoms with Crippen molar-refractivity contribution >= 4 is 22.0 Å². The van der Waals surface area contributed by atoms with Crippen LogP contribution >= 0.6 is 0 Å². The fourth-order valence-electron chi connectivity index (χ4n) is 2.54. The zero-order chi connectivity index (χ0) is 18.8. The summed E-state index contributed by atoms with van der Waals surface area (Å²) < 4.78 is 50.0. The van der Waals surface area contributed by atoms with Crippen LogP contribution < -0.4 is 0 Å². The van der Waals surface area contributed by atoms with E-state index in [1.165, 1.54) is 4.31 Å². The summed E-state index contributed by atoms with van der Waals surface area (Å²) in [6.07, 6.45) is -1.35. The molecule has 2 atom stereocenters. The van der Waals surface area contributed by atoms with E-state index in [0.29, 0.717) is 0 Å². The predicted octanol–water partition coefficient (Wildman–Crippen LogP) is 1.72. The Labute approximate surface area is 145 Å². The van der Waals surface area contributed by atoms with Gasteiger partial charge < -0.3 is 9.47 Å². The zero-order valence-electron chi connectivity index (χ0n) is 14.2. The van der Waals surface area contributed by atoms with Crippen molar-refractivity contribution in [2.45, 2.75) is 44.3 Å². The van der Waals surface area contributed by atoms with E-state index in [1.807, 2.05) is 0 Å². The molecule has 7 nitrogen and oxygen atoms in total. The lowest BCUT2D eigenvalue weighted by molar-refractivity contribution is -0.147. The molecule has 0 spiro atoms. The average Bonchev–Trinajstić information content (AvgIpc) is 2.85. The van der Waals surface area contributed by atoms with Crippen LogP contribution in [0.1, 0.15) is 37.6 Å². The molecule has 9 heteroatoms. The summed E-state index contributed by atoms with van der Waals surface area (Å²) in [5.41, 5.74) is -0.541. The highest BCUT2D eigenvalue weighted by Gasteiger charge is 2.36. The molecule has 0 unspecified atom stereocenters. The Morgan fingerprint density at radius 1 is 1.36 bits per heavy atom. The number of carbonyl (C=O) groups excluding carboxylic acids is 2. The van der Waals surface area contributed by atoms with E-state index >= 15 is 0 Å². The largest absolute Gasteiger partial charge is 0.460 e. The number of carbonyl (C=O) groups is 2. The van der Waals surface area contributed by atoms with E-state index in [4.69, 9.17) is 9.47 Å². The van der Waals surface area contributed by atoms with Crippen molar-refractivity contribution in [2.75, 3.05) is 13.1 Å². The van der Waals surface area contributed by atoms with Crippen LogP contribution in [0.15, 0.2) is 23.1 Å². The summed E-state index contributed by atoms with van der Waals surface area (Å²) in [6, 6.07) is 2.91. The Kier molecular flexibility index (Phi) is 5.79. The van der Waals surface area contributed by atoms with E-state index in [1.54, 1.807) is 20.8 Å². The first kappa shape index (κ1) is 19.3.